The highest BCUT2D eigenvalue weighted by Crippen LogP contribution is 2.16. The van der Waals surface area contributed by atoms with Crippen molar-refractivity contribution in [3.8, 4) is 0 Å². The van der Waals surface area contributed by atoms with E-state index < -0.39 is 0 Å². The predicted molar refractivity (Wildman–Crippen MR) is 60.7 cm³/mol. The number of nitrogens with zero attached hydrogens (tertiary/aromatic N) is 2. The number of carbonyl (C=O) groups excluding carboxylic acids is 1. The molecule has 1 amide bonds. The van der Waals surface area contributed by atoms with E-state index >= 15 is 0 Å². The number of hydrogen-bond acceptors (Lipinski definition) is 4. The molecule has 15 heavy (non-hydrogen) atoms. The molecule has 1 atom stereocenters. The molecule has 84 valence electrons. The van der Waals surface area contributed by atoms with Gasteiger partial charge in [-0.1, -0.05) is 24.7 Å². The third kappa shape index (κ3) is 3.95. The average Bonchev–Trinajstić information content (AvgIpc) is 2.61. The van der Waals surface area contributed by atoms with Crippen LogP contribution in [-0.2, 0) is 4.79 Å². The van der Waals surface area contributed by atoms with Crippen LogP contribution in [0.15, 0.2) is 0 Å². The van der Waals surface area contributed by atoms with Gasteiger partial charge in [-0.05, 0) is 20.3 Å². The highest BCUT2D eigenvalue weighted by molar-refractivity contribution is 7.11. The van der Waals surface area contributed by atoms with Crippen molar-refractivity contribution >= 4 is 17.2 Å². The number of hydrogen-bond donors (Lipinski definition) is 1. The van der Waals surface area contributed by atoms with E-state index in [-0.39, 0.29) is 11.9 Å². The maximum atomic E-state index is 11.4. The Morgan fingerprint density at radius 1 is 1.53 bits per heavy atom. The minimum absolute atomic E-state index is 0.0273. The quantitative estimate of drug-likeness (QED) is 0.839. The zero-order chi connectivity index (χ0) is 11.3. The highest BCUT2D eigenvalue weighted by Gasteiger charge is 2.12. The molecule has 1 aromatic rings. The largest absolute Gasteiger partial charge is 0.347 e. The van der Waals surface area contributed by atoms with Crippen molar-refractivity contribution in [2.75, 3.05) is 0 Å². The lowest BCUT2D eigenvalue weighted by Gasteiger charge is -2.09. The van der Waals surface area contributed by atoms with Crippen molar-refractivity contribution in [3.05, 3.63) is 10.0 Å². The second kappa shape index (κ2) is 5.80. The van der Waals surface area contributed by atoms with Crippen LogP contribution in [0.25, 0.3) is 0 Å². The normalized spacial score (nSPS) is 12.5. The number of aromatic nitrogens is 2. The molecule has 0 bridgehead atoms. The van der Waals surface area contributed by atoms with Gasteiger partial charge in [0.15, 0.2) is 0 Å². The van der Waals surface area contributed by atoms with E-state index in [9.17, 15) is 4.79 Å². The summed E-state index contributed by atoms with van der Waals surface area (Å²) in [5.41, 5.74) is 0. The van der Waals surface area contributed by atoms with E-state index in [0.29, 0.717) is 6.42 Å². The van der Waals surface area contributed by atoms with E-state index in [0.717, 1.165) is 22.9 Å². The molecule has 1 N–H and O–H groups in total. The van der Waals surface area contributed by atoms with Gasteiger partial charge >= 0.3 is 0 Å². The fraction of sp³-hybridized carbons (Fsp3) is 0.700. The van der Waals surface area contributed by atoms with Gasteiger partial charge in [-0.25, -0.2) is 0 Å². The van der Waals surface area contributed by atoms with E-state index in [1.54, 1.807) is 0 Å². The van der Waals surface area contributed by atoms with E-state index in [4.69, 9.17) is 0 Å². The number of unbranched alkanes of at least 4 members (excludes halogenated alkanes) is 1. The lowest BCUT2D eigenvalue weighted by molar-refractivity contribution is -0.121. The van der Waals surface area contributed by atoms with Crippen LogP contribution in [0.4, 0.5) is 0 Å². The molecule has 0 fully saturated rings. The molecule has 4 nitrogen and oxygen atoms in total. The van der Waals surface area contributed by atoms with Crippen molar-refractivity contribution in [1.29, 1.82) is 0 Å². The SMILES string of the molecule is CCCCC(=O)NC(C)c1nnc(C)s1. The van der Waals surface area contributed by atoms with E-state index in [2.05, 4.69) is 22.4 Å². The maximum absolute atomic E-state index is 11.4. The molecule has 1 aromatic heterocycles. The molecule has 0 aliphatic carbocycles. The van der Waals surface area contributed by atoms with Gasteiger partial charge < -0.3 is 5.32 Å². The molecular formula is C10H17N3OS. The molecular weight excluding hydrogens is 210 g/mol. The van der Waals surface area contributed by atoms with Gasteiger partial charge in [0.05, 0.1) is 6.04 Å². The maximum Gasteiger partial charge on any atom is 0.220 e. The Hall–Kier alpha value is -0.970. The molecule has 0 spiro atoms. The molecule has 0 aliphatic rings. The van der Waals surface area contributed by atoms with Crippen LogP contribution < -0.4 is 5.32 Å². The Labute approximate surface area is 94.1 Å². The Morgan fingerprint density at radius 2 is 2.27 bits per heavy atom. The summed E-state index contributed by atoms with van der Waals surface area (Å²) >= 11 is 1.52. The smallest absolute Gasteiger partial charge is 0.220 e. The fourth-order valence-corrected chi connectivity index (χ4v) is 1.90. The van der Waals surface area contributed by atoms with Crippen molar-refractivity contribution in [3.63, 3.8) is 0 Å². The van der Waals surface area contributed by atoms with Gasteiger partial charge in [0.25, 0.3) is 0 Å². The molecule has 0 aromatic carbocycles. The minimum Gasteiger partial charge on any atom is -0.347 e. The Balaban J connectivity index is 2.41. The number of nitrogens with one attached hydrogen (secondary N) is 1. The topological polar surface area (TPSA) is 54.9 Å². The molecule has 5 heteroatoms. The minimum atomic E-state index is -0.0273. The van der Waals surface area contributed by atoms with Crippen LogP contribution >= 0.6 is 11.3 Å². The summed E-state index contributed by atoms with van der Waals surface area (Å²) in [5.74, 6) is 0.0946. The third-order valence-corrected chi connectivity index (χ3v) is 3.07. The standard InChI is InChI=1S/C10H17N3OS/c1-4-5-6-9(14)11-7(2)10-13-12-8(3)15-10/h7H,4-6H2,1-3H3,(H,11,14). The van der Waals surface area contributed by atoms with Crippen LogP contribution in [0.5, 0.6) is 0 Å². The Morgan fingerprint density at radius 3 is 2.80 bits per heavy atom. The van der Waals surface area contributed by atoms with Crippen LogP contribution in [0.3, 0.4) is 0 Å². The first-order valence-electron chi connectivity index (χ1n) is 5.22. The van der Waals surface area contributed by atoms with Gasteiger partial charge in [0.2, 0.25) is 5.91 Å². The summed E-state index contributed by atoms with van der Waals surface area (Å²) in [6.07, 6.45) is 2.58. The van der Waals surface area contributed by atoms with Gasteiger partial charge in [0, 0.05) is 6.42 Å². The summed E-state index contributed by atoms with van der Waals surface area (Å²) in [4.78, 5) is 11.4. The van der Waals surface area contributed by atoms with Crippen molar-refractivity contribution in [1.82, 2.24) is 15.5 Å². The Kier molecular flexibility index (Phi) is 4.68. The van der Waals surface area contributed by atoms with Crippen molar-refractivity contribution in [2.24, 2.45) is 0 Å². The first-order chi connectivity index (χ1) is 7.13. The van der Waals surface area contributed by atoms with Gasteiger partial charge in [0.1, 0.15) is 10.0 Å². The van der Waals surface area contributed by atoms with E-state index in [1.165, 1.54) is 11.3 Å². The molecule has 1 unspecified atom stereocenters. The van der Waals surface area contributed by atoms with Crippen molar-refractivity contribution in [2.45, 2.75) is 46.1 Å². The van der Waals surface area contributed by atoms with Crippen LogP contribution in [0, 0.1) is 6.92 Å². The zero-order valence-corrected chi connectivity index (χ0v) is 10.2. The van der Waals surface area contributed by atoms with Crippen molar-refractivity contribution < 1.29 is 4.79 Å². The first kappa shape index (κ1) is 12.1. The molecule has 0 saturated carbocycles. The van der Waals surface area contributed by atoms with Gasteiger partial charge in [-0.3, -0.25) is 4.79 Å². The second-order valence-corrected chi connectivity index (χ2v) is 4.77. The molecule has 1 heterocycles. The molecule has 1 rings (SSSR count). The molecule has 0 saturated heterocycles. The summed E-state index contributed by atoms with van der Waals surface area (Å²) in [7, 11) is 0. The lowest BCUT2D eigenvalue weighted by atomic mass is 10.2. The number of rotatable bonds is 5. The second-order valence-electron chi connectivity index (χ2n) is 3.55. The molecule has 0 radical (unpaired) electrons. The fourth-order valence-electron chi connectivity index (χ4n) is 1.20. The third-order valence-electron chi connectivity index (χ3n) is 2.05. The summed E-state index contributed by atoms with van der Waals surface area (Å²) in [5, 5.41) is 12.6. The molecule has 0 aliphatic heterocycles. The summed E-state index contributed by atoms with van der Waals surface area (Å²) in [6.45, 7) is 5.92. The highest BCUT2D eigenvalue weighted by atomic mass is 32.1. The lowest BCUT2D eigenvalue weighted by Crippen LogP contribution is -2.26. The average molecular weight is 227 g/mol. The number of amides is 1. The van der Waals surface area contributed by atoms with Crippen LogP contribution in [0.2, 0.25) is 0 Å². The number of carbonyl (C=O) groups is 1. The van der Waals surface area contributed by atoms with Gasteiger partial charge in [-0.15, -0.1) is 10.2 Å². The summed E-state index contributed by atoms with van der Waals surface area (Å²) in [6, 6.07) is -0.0273. The zero-order valence-electron chi connectivity index (χ0n) is 9.41. The summed E-state index contributed by atoms with van der Waals surface area (Å²) < 4.78 is 0. The van der Waals surface area contributed by atoms with Crippen LogP contribution in [-0.4, -0.2) is 16.1 Å². The van der Waals surface area contributed by atoms with Gasteiger partial charge in [-0.2, -0.15) is 0 Å². The monoisotopic (exact) mass is 227 g/mol. The first-order valence-corrected chi connectivity index (χ1v) is 6.04. The van der Waals surface area contributed by atoms with E-state index in [1.807, 2.05) is 13.8 Å². The number of aryl methyl sites for hydroxylation is 1. The van der Waals surface area contributed by atoms with Crippen LogP contribution in [0.1, 0.15) is 49.2 Å². The Bertz CT molecular complexity index is 324. The predicted octanol–water partition coefficient (Wildman–Crippen LogP) is 2.21.